The maximum atomic E-state index is 12.0. The van der Waals surface area contributed by atoms with Crippen molar-refractivity contribution in [2.24, 2.45) is 11.1 Å². The second-order valence-electron chi connectivity index (χ2n) is 4.90. The Balaban J connectivity index is 3.03. The minimum Gasteiger partial charge on any atom is -0.350 e. The van der Waals surface area contributed by atoms with E-state index >= 15 is 0 Å². The summed E-state index contributed by atoms with van der Waals surface area (Å²) in [5.74, 6) is -0.209. The number of nitrogens with one attached hydrogen (secondary N) is 2. The van der Waals surface area contributed by atoms with E-state index in [1.54, 1.807) is 0 Å². The molecular weight excluding hydrogens is 280 g/mol. The van der Waals surface area contributed by atoms with Gasteiger partial charge in [-0.3, -0.25) is 9.89 Å². The average molecular weight is 302 g/mol. The van der Waals surface area contributed by atoms with Crippen LogP contribution in [-0.2, 0) is 16.4 Å². The summed E-state index contributed by atoms with van der Waals surface area (Å²) in [6.45, 7) is 6.38. The molecule has 0 spiro atoms. The van der Waals surface area contributed by atoms with Crippen LogP contribution in [0.1, 0.15) is 49.8 Å². The normalized spacial score (nSPS) is 13.2. The Labute approximate surface area is 119 Å². The van der Waals surface area contributed by atoms with Gasteiger partial charge in [0.2, 0.25) is 10.0 Å². The van der Waals surface area contributed by atoms with E-state index in [4.69, 9.17) is 5.14 Å². The smallest absolute Gasteiger partial charge is 0.273 e. The zero-order chi connectivity index (χ0) is 15.3. The van der Waals surface area contributed by atoms with Crippen LogP contribution in [0.25, 0.3) is 0 Å². The molecule has 114 valence electrons. The number of carbonyl (C=O) groups is 1. The summed E-state index contributed by atoms with van der Waals surface area (Å²) in [5.41, 5.74) is 0.225. The number of primary sulfonamides is 1. The molecule has 1 aromatic rings. The molecule has 1 rings (SSSR count). The highest BCUT2D eigenvalue weighted by Crippen LogP contribution is 2.18. The number of aromatic amines is 1. The highest BCUT2D eigenvalue weighted by Gasteiger charge is 2.26. The standard InChI is InChI=1S/C12H22N4O3S/c1-4-6-9-11(20(13,18)19)10(16-15-9)12(17)14-7-8(3)5-2/h8H,4-7H2,1-3H3,(H,14,17)(H,15,16)(H2,13,18,19). The summed E-state index contributed by atoms with van der Waals surface area (Å²) < 4.78 is 23.3. The molecule has 1 aromatic heterocycles. The first kappa shape index (κ1) is 16.6. The van der Waals surface area contributed by atoms with Crippen molar-refractivity contribution in [2.75, 3.05) is 6.54 Å². The van der Waals surface area contributed by atoms with Gasteiger partial charge < -0.3 is 5.32 Å². The predicted octanol–water partition coefficient (Wildman–Crippen LogP) is 0.786. The molecule has 4 N–H and O–H groups in total. The van der Waals surface area contributed by atoms with Gasteiger partial charge in [0, 0.05) is 6.54 Å². The van der Waals surface area contributed by atoms with E-state index in [0.29, 0.717) is 24.6 Å². The number of nitrogens with two attached hydrogens (primary N) is 1. The largest absolute Gasteiger partial charge is 0.350 e. The Morgan fingerprint density at radius 1 is 1.45 bits per heavy atom. The van der Waals surface area contributed by atoms with Gasteiger partial charge in [0.05, 0.1) is 5.69 Å². The first-order valence-electron chi connectivity index (χ1n) is 6.69. The molecule has 0 saturated carbocycles. The number of carbonyl (C=O) groups excluding carboxylic acids is 1. The van der Waals surface area contributed by atoms with Crippen molar-refractivity contribution in [3.05, 3.63) is 11.4 Å². The summed E-state index contributed by atoms with van der Waals surface area (Å²) in [6, 6.07) is 0. The number of aromatic nitrogens is 2. The highest BCUT2D eigenvalue weighted by atomic mass is 32.2. The fourth-order valence-electron chi connectivity index (χ4n) is 1.74. The van der Waals surface area contributed by atoms with Crippen molar-refractivity contribution in [3.63, 3.8) is 0 Å². The Bertz CT molecular complexity index is 565. The van der Waals surface area contributed by atoms with Gasteiger partial charge in [-0.1, -0.05) is 33.6 Å². The second-order valence-corrected chi connectivity index (χ2v) is 6.40. The van der Waals surface area contributed by atoms with Crippen LogP contribution in [0.3, 0.4) is 0 Å². The molecular formula is C12H22N4O3S. The van der Waals surface area contributed by atoms with Crippen molar-refractivity contribution in [1.82, 2.24) is 15.5 Å². The van der Waals surface area contributed by atoms with Crippen LogP contribution in [0.2, 0.25) is 0 Å². The van der Waals surface area contributed by atoms with Gasteiger partial charge in [0.15, 0.2) is 5.69 Å². The molecule has 0 aliphatic rings. The maximum Gasteiger partial charge on any atom is 0.273 e. The third-order valence-corrected chi connectivity index (χ3v) is 4.11. The van der Waals surface area contributed by atoms with Crippen LogP contribution in [0.4, 0.5) is 0 Å². The summed E-state index contributed by atoms with van der Waals surface area (Å²) in [7, 11) is -3.99. The zero-order valence-corrected chi connectivity index (χ0v) is 12.9. The molecule has 0 aromatic carbocycles. The SMILES string of the molecule is CCCc1[nH]nc(C(=O)NCC(C)CC)c1S(N)(=O)=O. The lowest BCUT2D eigenvalue weighted by atomic mass is 10.1. The number of nitrogens with zero attached hydrogens (tertiary/aromatic N) is 1. The lowest BCUT2D eigenvalue weighted by molar-refractivity contribution is 0.0939. The lowest BCUT2D eigenvalue weighted by Crippen LogP contribution is -2.30. The molecule has 0 radical (unpaired) electrons. The third-order valence-electron chi connectivity index (χ3n) is 3.10. The number of sulfonamides is 1. The zero-order valence-electron chi connectivity index (χ0n) is 12.1. The summed E-state index contributed by atoms with van der Waals surface area (Å²) in [4.78, 5) is 11.8. The first-order valence-corrected chi connectivity index (χ1v) is 8.24. The van der Waals surface area contributed by atoms with Gasteiger partial charge in [-0.2, -0.15) is 5.10 Å². The summed E-state index contributed by atoms with van der Waals surface area (Å²) >= 11 is 0. The molecule has 8 heteroatoms. The van der Waals surface area contributed by atoms with Crippen LogP contribution >= 0.6 is 0 Å². The number of hydrogen-bond acceptors (Lipinski definition) is 4. The minimum atomic E-state index is -3.99. The maximum absolute atomic E-state index is 12.0. The minimum absolute atomic E-state index is 0.153. The Hall–Kier alpha value is -1.41. The second kappa shape index (κ2) is 6.85. The van der Waals surface area contributed by atoms with Gasteiger partial charge in [0.1, 0.15) is 4.90 Å². The molecule has 0 aliphatic carbocycles. The molecule has 1 heterocycles. The molecule has 1 amide bonds. The van der Waals surface area contributed by atoms with Crippen molar-refractivity contribution in [3.8, 4) is 0 Å². The number of hydrogen-bond donors (Lipinski definition) is 3. The highest BCUT2D eigenvalue weighted by molar-refractivity contribution is 7.89. The predicted molar refractivity (Wildman–Crippen MR) is 75.7 cm³/mol. The van der Waals surface area contributed by atoms with E-state index < -0.39 is 15.9 Å². The van der Waals surface area contributed by atoms with E-state index in [0.717, 1.165) is 12.8 Å². The fraction of sp³-hybridized carbons (Fsp3) is 0.667. The van der Waals surface area contributed by atoms with Crippen LogP contribution in [0.5, 0.6) is 0 Å². The van der Waals surface area contributed by atoms with Gasteiger partial charge in [-0.05, 0) is 12.3 Å². The van der Waals surface area contributed by atoms with Crippen LogP contribution in [0.15, 0.2) is 4.90 Å². The van der Waals surface area contributed by atoms with Crippen molar-refractivity contribution >= 4 is 15.9 Å². The van der Waals surface area contributed by atoms with Crippen molar-refractivity contribution < 1.29 is 13.2 Å². The molecule has 1 atom stereocenters. The molecule has 20 heavy (non-hydrogen) atoms. The monoisotopic (exact) mass is 302 g/mol. The molecule has 0 fully saturated rings. The van der Waals surface area contributed by atoms with E-state index in [9.17, 15) is 13.2 Å². The molecule has 0 bridgehead atoms. The van der Waals surface area contributed by atoms with Gasteiger partial charge in [0.25, 0.3) is 5.91 Å². The summed E-state index contributed by atoms with van der Waals surface area (Å²) in [6.07, 6.45) is 2.11. The van der Waals surface area contributed by atoms with Gasteiger partial charge in [-0.15, -0.1) is 0 Å². The lowest BCUT2D eigenvalue weighted by Gasteiger charge is -2.09. The van der Waals surface area contributed by atoms with Crippen LogP contribution < -0.4 is 10.5 Å². The topological polar surface area (TPSA) is 118 Å². The van der Waals surface area contributed by atoms with E-state index in [2.05, 4.69) is 15.5 Å². The number of H-pyrrole nitrogens is 1. The van der Waals surface area contributed by atoms with E-state index in [1.807, 2.05) is 20.8 Å². The van der Waals surface area contributed by atoms with Crippen molar-refractivity contribution in [2.45, 2.75) is 44.9 Å². The first-order chi connectivity index (χ1) is 9.31. The van der Waals surface area contributed by atoms with Crippen molar-refractivity contribution in [1.29, 1.82) is 0 Å². The molecule has 7 nitrogen and oxygen atoms in total. The number of amides is 1. The van der Waals surface area contributed by atoms with Gasteiger partial charge >= 0.3 is 0 Å². The van der Waals surface area contributed by atoms with E-state index in [1.165, 1.54) is 0 Å². The third kappa shape index (κ3) is 4.04. The molecule has 1 unspecified atom stereocenters. The summed E-state index contributed by atoms with van der Waals surface area (Å²) in [5, 5.41) is 14.3. The fourth-order valence-corrected chi connectivity index (χ4v) is 2.64. The Morgan fingerprint density at radius 2 is 2.10 bits per heavy atom. The van der Waals surface area contributed by atoms with Crippen LogP contribution in [0, 0.1) is 5.92 Å². The number of rotatable bonds is 7. The van der Waals surface area contributed by atoms with E-state index in [-0.39, 0.29) is 10.6 Å². The Morgan fingerprint density at radius 3 is 2.60 bits per heavy atom. The van der Waals surface area contributed by atoms with Crippen LogP contribution in [-0.4, -0.2) is 31.1 Å². The molecule has 0 aliphatic heterocycles. The quantitative estimate of drug-likeness (QED) is 0.690. The average Bonchev–Trinajstić information content (AvgIpc) is 2.79. The Kier molecular flexibility index (Phi) is 5.70. The van der Waals surface area contributed by atoms with Gasteiger partial charge in [-0.25, -0.2) is 13.6 Å². The molecule has 0 saturated heterocycles. The number of aryl methyl sites for hydroxylation is 1.